The van der Waals surface area contributed by atoms with Crippen molar-refractivity contribution >= 4 is 5.65 Å². The molecule has 64 valence electrons. The lowest BCUT2D eigenvalue weighted by molar-refractivity contribution is -0.510. The highest BCUT2D eigenvalue weighted by Gasteiger charge is 2.04. The van der Waals surface area contributed by atoms with Crippen molar-refractivity contribution in [2.24, 2.45) is 0 Å². The van der Waals surface area contributed by atoms with Crippen molar-refractivity contribution in [1.82, 2.24) is 4.98 Å². The number of aryl methyl sites for hydroxylation is 2. The maximum absolute atomic E-state index is 3.18. The Kier molecular flexibility index (Phi) is 2.38. The lowest BCUT2D eigenvalue weighted by Gasteiger charge is -1.92. The van der Waals surface area contributed by atoms with E-state index in [1.807, 2.05) is 12.4 Å². The standard InChI is InChI=1S/C9H10N2.ClH/c1-7-5-8(2)9-10-3-4-11(9)6-7;/h3-6H,1-2H3;1H. The van der Waals surface area contributed by atoms with Gasteiger partial charge in [0, 0.05) is 5.56 Å². The first-order valence-electron chi connectivity index (χ1n) is 3.73. The van der Waals surface area contributed by atoms with Gasteiger partial charge in [0.15, 0.2) is 0 Å². The Morgan fingerprint density at radius 2 is 2.08 bits per heavy atom. The summed E-state index contributed by atoms with van der Waals surface area (Å²) in [6.07, 6.45) is 6.08. The third kappa shape index (κ3) is 1.30. The second-order valence-electron chi connectivity index (χ2n) is 2.92. The first-order chi connectivity index (χ1) is 5.27. The van der Waals surface area contributed by atoms with E-state index in [4.69, 9.17) is 0 Å². The molecule has 2 aromatic heterocycles. The molecule has 0 unspecified atom stereocenters. The van der Waals surface area contributed by atoms with Crippen LogP contribution in [0.3, 0.4) is 0 Å². The highest BCUT2D eigenvalue weighted by atomic mass is 35.5. The van der Waals surface area contributed by atoms with E-state index < -0.39 is 0 Å². The number of halogens is 1. The Bertz CT molecular complexity index is 392. The summed E-state index contributed by atoms with van der Waals surface area (Å²) >= 11 is 0. The molecule has 0 radical (unpaired) electrons. The number of rotatable bonds is 0. The number of aromatic nitrogens is 2. The predicted octanol–water partition coefficient (Wildman–Crippen LogP) is -1.63. The number of H-pyrrole nitrogens is 1. The Labute approximate surface area is 77.7 Å². The fraction of sp³-hybridized carbons (Fsp3) is 0.222. The minimum absolute atomic E-state index is 0. The van der Waals surface area contributed by atoms with Crippen LogP contribution in [0.15, 0.2) is 24.7 Å². The molecular formula is C9H11ClN2. The van der Waals surface area contributed by atoms with Crippen LogP contribution in [0.1, 0.15) is 11.1 Å². The number of imidazole rings is 1. The molecule has 12 heavy (non-hydrogen) atoms. The number of hydrogen-bond acceptors (Lipinski definition) is 0. The van der Waals surface area contributed by atoms with Gasteiger partial charge >= 0.3 is 0 Å². The summed E-state index contributed by atoms with van der Waals surface area (Å²) in [5, 5.41) is 0. The molecule has 0 fully saturated rings. The van der Waals surface area contributed by atoms with Crippen LogP contribution in [0.5, 0.6) is 0 Å². The minimum atomic E-state index is 0. The molecule has 0 amide bonds. The van der Waals surface area contributed by atoms with Crippen molar-refractivity contribution in [3.63, 3.8) is 0 Å². The first kappa shape index (κ1) is 9.07. The summed E-state index contributed by atoms with van der Waals surface area (Å²) in [5.41, 5.74) is 3.75. The number of hydrogen-bond donors (Lipinski definition) is 1. The zero-order chi connectivity index (χ0) is 7.84. The van der Waals surface area contributed by atoms with Gasteiger partial charge in [0.2, 0.25) is 0 Å². The van der Waals surface area contributed by atoms with E-state index in [0.29, 0.717) is 0 Å². The van der Waals surface area contributed by atoms with E-state index in [0.717, 1.165) is 0 Å². The summed E-state index contributed by atoms with van der Waals surface area (Å²) in [6, 6.07) is 2.17. The third-order valence-electron chi connectivity index (χ3n) is 1.87. The van der Waals surface area contributed by atoms with E-state index in [2.05, 4.69) is 35.5 Å². The van der Waals surface area contributed by atoms with Crippen molar-refractivity contribution in [3.05, 3.63) is 35.8 Å². The van der Waals surface area contributed by atoms with Gasteiger partial charge in [-0.2, -0.15) is 0 Å². The van der Waals surface area contributed by atoms with Crippen LogP contribution in [-0.2, 0) is 0 Å². The SMILES string of the molecule is Cc1cc(C)c2[nH]cc[n+]2c1.[Cl-]. The summed E-state index contributed by atoms with van der Waals surface area (Å²) in [7, 11) is 0. The zero-order valence-corrected chi connectivity index (χ0v) is 7.89. The van der Waals surface area contributed by atoms with Gasteiger partial charge in [0.05, 0.1) is 6.20 Å². The molecule has 0 saturated heterocycles. The zero-order valence-electron chi connectivity index (χ0n) is 7.13. The highest BCUT2D eigenvalue weighted by molar-refractivity contribution is 5.40. The third-order valence-corrected chi connectivity index (χ3v) is 1.87. The summed E-state index contributed by atoms with van der Waals surface area (Å²) in [6.45, 7) is 4.21. The maximum atomic E-state index is 3.18. The fourth-order valence-electron chi connectivity index (χ4n) is 1.44. The van der Waals surface area contributed by atoms with Gasteiger partial charge in [-0.15, -0.1) is 0 Å². The number of nitrogens with zero attached hydrogens (tertiary/aromatic N) is 1. The molecule has 0 aromatic carbocycles. The molecule has 0 bridgehead atoms. The van der Waals surface area contributed by atoms with Crippen LogP contribution in [0.2, 0.25) is 0 Å². The average Bonchev–Trinajstić information content (AvgIpc) is 2.34. The molecule has 2 aromatic rings. The number of fused-ring (bicyclic) bond motifs is 1. The Morgan fingerprint density at radius 1 is 1.33 bits per heavy atom. The van der Waals surface area contributed by atoms with Gasteiger partial charge in [-0.25, -0.2) is 9.38 Å². The molecule has 0 spiro atoms. The number of aromatic amines is 1. The molecule has 0 aliphatic carbocycles. The molecule has 0 aliphatic rings. The van der Waals surface area contributed by atoms with E-state index in [9.17, 15) is 0 Å². The summed E-state index contributed by atoms with van der Waals surface area (Å²) in [4.78, 5) is 3.18. The van der Waals surface area contributed by atoms with Gasteiger partial charge in [-0.3, -0.25) is 0 Å². The Morgan fingerprint density at radius 3 is 2.83 bits per heavy atom. The lowest BCUT2D eigenvalue weighted by Crippen LogP contribution is -3.00. The van der Waals surface area contributed by atoms with Gasteiger partial charge < -0.3 is 12.4 Å². The molecular weight excluding hydrogens is 172 g/mol. The Balaban J connectivity index is 0.000000720. The van der Waals surface area contributed by atoms with Gasteiger partial charge in [-0.1, -0.05) is 0 Å². The van der Waals surface area contributed by atoms with Gasteiger partial charge in [0.25, 0.3) is 5.65 Å². The molecule has 2 rings (SSSR count). The van der Waals surface area contributed by atoms with E-state index in [1.165, 1.54) is 16.8 Å². The number of nitrogens with one attached hydrogen (secondary N) is 1. The summed E-state index contributed by atoms with van der Waals surface area (Å²) in [5.74, 6) is 0. The smallest absolute Gasteiger partial charge is 0.286 e. The molecule has 3 heteroatoms. The molecule has 0 aliphatic heterocycles. The van der Waals surface area contributed by atoms with Crippen LogP contribution in [0.4, 0.5) is 0 Å². The molecule has 0 atom stereocenters. The van der Waals surface area contributed by atoms with Crippen LogP contribution in [-0.4, -0.2) is 4.98 Å². The van der Waals surface area contributed by atoms with Crippen LogP contribution in [0, 0.1) is 13.8 Å². The van der Waals surface area contributed by atoms with Gasteiger partial charge in [-0.05, 0) is 25.5 Å². The van der Waals surface area contributed by atoms with E-state index in [-0.39, 0.29) is 12.4 Å². The van der Waals surface area contributed by atoms with Crippen LogP contribution < -0.4 is 16.8 Å². The van der Waals surface area contributed by atoms with Crippen molar-refractivity contribution < 1.29 is 16.8 Å². The van der Waals surface area contributed by atoms with Gasteiger partial charge in [0.1, 0.15) is 12.4 Å². The molecule has 0 saturated carbocycles. The van der Waals surface area contributed by atoms with Crippen molar-refractivity contribution in [2.45, 2.75) is 13.8 Å². The van der Waals surface area contributed by atoms with Crippen molar-refractivity contribution in [2.75, 3.05) is 0 Å². The average molecular weight is 183 g/mol. The predicted molar refractivity (Wildman–Crippen MR) is 43.4 cm³/mol. The van der Waals surface area contributed by atoms with E-state index >= 15 is 0 Å². The molecule has 2 nitrogen and oxygen atoms in total. The van der Waals surface area contributed by atoms with Crippen molar-refractivity contribution in [1.29, 1.82) is 0 Å². The van der Waals surface area contributed by atoms with Crippen molar-refractivity contribution in [3.8, 4) is 0 Å². The molecule has 1 N–H and O–H groups in total. The maximum Gasteiger partial charge on any atom is 0.286 e. The second kappa shape index (κ2) is 3.15. The minimum Gasteiger partial charge on any atom is -1.00 e. The lowest BCUT2D eigenvalue weighted by atomic mass is 10.2. The normalized spacial score (nSPS) is 9.83. The second-order valence-corrected chi connectivity index (χ2v) is 2.92. The molecule has 2 heterocycles. The van der Waals surface area contributed by atoms with Crippen LogP contribution >= 0.6 is 0 Å². The first-order valence-corrected chi connectivity index (χ1v) is 3.73. The van der Waals surface area contributed by atoms with Crippen LogP contribution in [0.25, 0.3) is 5.65 Å². The topological polar surface area (TPSA) is 19.9 Å². The Hall–Kier alpha value is -1.02. The highest BCUT2D eigenvalue weighted by Crippen LogP contribution is 2.03. The monoisotopic (exact) mass is 182 g/mol. The largest absolute Gasteiger partial charge is 1.00 e. The fourth-order valence-corrected chi connectivity index (χ4v) is 1.44. The number of pyridine rings is 1. The van der Waals surface area contributed by atoms with E-state index in [1.54, 1.807) is 0 Å². The quantitative estimate of drug-likeness (QED) is 0.473. The summed E-state index contributed by atoms with van der Waals surface area (Å²) < 4.78 is 2.10.